The number of nitrogens with zero attached hydrogens (tertiary/aromatic N) is 2. The van der Waals surface area contributed by atoms with Crippen molar-refractivity contribution in [1.82, 2.24) is 4.90 Å². The van der Waals surface area contributed by atoms with Gasteiger partial charge in [0.15, 0.2) is 0 Å². The number of hydrogen-bond acceptors (Lipinski definition) is 4. The number of carbonyl (C=O) groups is 2. The fraction of sp³-hybridized carbons (Fsp3) is 0.192. The van der Waals surface area contributed by atoms with Crippen molar-refractivity contribution >= 4 is 11.9 Å². The van der Waals surface area contributed by atoms with Crippen molar-refractivity contribution in [2.45, 2.75) is 12.8 Å². The number of rotatable bonds is 4. The summed E-state index contributed by atoms with van der Waals surface area (Å²) < 4.78 is 18.7. The minimum absolute atomic E-state index is 0.214. The molecule has 4 rings (SSSR count). The van der Waals surface area contributed by atoms with Crippen LogP contribution in [0.2, 0.25) is 0 Å². The van der Waals surface area contributed by atoms with E-state index in [0.717, 1.165) is 11.1 Å². The molecule has 3 aromatic rings. The summed E-state index contributed by atoms with van der Waals surface area (Å²) in [6.07, 6.45) is 1.35. The number of carbonyl (C=O) groups excluding carboxylic acids is 2. The van der Waals surface area contributed by atoms with Crippen LogP contribution >= 0.6 is 0 Å². The Bertz CT molecular complexity index is 1150. The van der Waals surface area contributed by atoms with Gasteiger partial charge in [0.25, 0.3) is 5.91 Å². The average Bonchev–Trinajstić information content (AvgIpc) is 2.85. The number of esters is 1. The van der Waals surface area contributed by atoms with E-state index in [0.29, 0.717) is 36.3 Å². The van der Waals surface area contributed by atoms with Gasteiger partial charge in [0.2, 0.25) is 0 Å². The molecule has 1 amide bonds. The normalized spacial score (nSPS) is 15.6. The van der Waals surface area contributed by atoms with Crippen molar-refractivity contribution < 1.29 is 18.7 Å². The number of benzene rings is 3. The molecule has 0 N–H and O–H groups in total. The molecule has 0 saturated carbocycles. The van der Waals surface area contributed by atoms with Crippen LogP contribution in [0, 0.1) is 23.1 Å². The van der Waals surface area contributed by atoms with Gasteiger partial charge in [0.05, 0.1) is 17.6 Å². The third-order valence-corrected chi connectivity index (χ3v) is 5.55. The molecule has 1 unspecified atom stereocenters. The molecule has 1 aliphatic rings. The lowest BCUT2D eigenvalue weighted by Gasteiger charge is -2.31. The molecule has 1 saturated heterocycles. The smallest absolute Gasteiger partial charge is 0.316 e. The highest BCUT2D eigenvalue weighted by molar-refractivity contribution is 5.94. The van der Waals surface area contributed by atoms with Crippen LogP contribution in [0.25, 0.3) is 11.1 Å². The van der Waals surface area contributed by atoms with Crippen molar-refractivity contribution in [3.05, 3.63) is 89.7 Å². The first-order chi connectivity index (χ1) is 15.5. The zero-order valence-corrected chi connectivity index (χ0v) is 17.3. The van der Waals surface area contributed by atoms with E-state index in [2.05, 4.69) is 6.07 Å². The third kappa shape index (κ3) is 4.84. The van der Waals surface area contributed by atoms with Gasteiger partial charge in [-0.25, -0.2) is 4.39 Å². The molecule has 160 valence electrons. The van der Waals surface area contributed by atoms with Gasteiger partial charge in [-0.1, -0.05) is 24.3 Å². The van der Waals surface area contributed by atoms with Crippen LogP contribution in [0.3, 0.4) is 0 Å². The molecule has 1 atom stereocenters. The highest BCUT2D eigenvalue weighted by Gasteiger charge is 2.30. The van der Waals surface area contributed by atoms with E-state index in [9.17, 15) is 14.0 Å². The largest absolute Gasteiger partial charge is 0.426 e. The van der Waals surface area contributed by atoms with E-state index in [4.69, 9.17) is 10.00 Å². The number of piperidine rings is 1. The molecule has 0 aromatic heterocycles. The van der Waals surface area contributed by atoms with Gasteiger partial charge in [0, 0.05) is 18.7 Å². The van der Waals surface area contributed by atoms with Crippen LogP contribution in [-0.2, 0) is 4.79 Å². The molecule has 6 heteroatoms. The summed E-state index contributed by atoms with van der Waals surface area (Å²) in [6, 6.07) is 21.9. The third-order valence-electron chi connectivity index (χ3n) is 5.55. The molecule has 1 heterocycles. The van der Waals surface area contributed by atoms with Crippen LogP contribution in [0.15, 0.2) is 72.8 Å². The van der Waals surface area contributed by atoms with Gasteiger partial charge in [-0.15, -0.1) is 0 Å². The van der Waals surface area contributed by atoms with Gasteiger partial charge in [-0.3, -0.25) is 9.59 Å². The summed E-state index contributed by atoms with van der Waals surface area (Å²) in [6.45, 7) is 0.831. The van der Waals surface area contributed by atoms with E-state index in [1.165, 1.54) is 24.3 Å². The summed E-state index contributed by atoms with van der Waals surface area (Å²) in [4.78, 5) is 27.0. The van der Waals surface area contributed by atoms with E-state index in [-0.39, 0.29) is 18.4 Å². The van der Waals surface area contributed by atoms with Crippen LogP contribution in [0.4, 0.5) is 4.39 Å². The van der Waals surface area contributed by atoms with E-state index in [1.54, 1.807) is 29.2 Å². The molecular formula is C26H21FN2O3. The Morgan fingerprint density at radius 2 is 1.56 bits per heavy atom. The monoisotopic (exact) mass is 428 g/mol. The number of likely N-dealkylation sites (tertiary alicyclic amines) is 1. The Morgan fingerprint density at radius 1 is 0.938 bits per heavy atom. The molecule has 5 nitrogen and oxygen atoms in total. The van der Waals surface area contributed by atoms with Crippen LogP contribution in [0.5, 0.6) is 5.75 Å². The summed E-state index contributed by atoms with van der Waals surface area (Å²) in [5, 5.41) is 8.91. The predicted molar refractivity (Wildman–Crippen MR) is 117 cm³/mol. The quantitative estimate of drug-likeness (QED) is 0.441. The number of amides is 1. The molecule has 0 spiro atoms. The fourth-order valence-electron chi connectivity index (χ4n) is 3.78. The second-order valence-corrected chi connectivity index (χ2v) is 7.73. The Labute approximate surface area is 185 Å². The summed E-state index contributed by atoms with van der Waals surface area (Å²) >= 11 is 0. The van der Waals surface area contributed by atoms with Gasteiger partial charge in [0.1, 0.15) is 11.6 Å². The molecule has 0 radical (unpaired) electrons. The first kappa shape index (κ1) is 21.3. The van der Waals surface area contributed by atoms with Crippen molar-refractivity contribution in [2.75, 3.05) is 13.1 Å². The van der Waals surface area contributed by atoms with Crippen molar-refractivity contribution in [1.29, 1.82) is 5.26 Å². The van der Waals surface area contributed by atoms with Crippen molar-refractivity contribution in [3.8, 4) is 22.9 Å². The van der Waals surface area contributed by atoms with Gasteiger partial charge >= 0.3 is 5.97 Å². The highest BCUT2D eigenvalue weighted by atomic mass is 19.1. The minimum atomic E-state index is -0.411. The lowest BCUT2D eigenvalue weighted by atomic mass is 9.97. The van der Waals surface area contributed by atoms with Crippen LogP contribution in [0.1, 0.15) is 28.8 Å². The molecule has 3 aromatic carbocycles. The van der Waals surface area contributed by atoms with Gasteiger partial charge in [-0.2, -0.15) is 5.26 Å². The Kier molecular flexibility index (Phi) is 6.27. The lowest BCUT2D eigenvalue weighted by molar-refractivity contribution is -0.140. The van der Waals surface area contributed by atoms with Crippen LogP contribution < -0.4 is 4.74 Å². The number of halogens is 1. The summed E-state index contributed by atoms with van der Waals surface area (Å²) in [7, 11) is 0. The number of ether oxygens (including phenoxy) is 1. The molecule has 32 heavy (non-hydrogen) atoms. The van der Waals surface area contributed by atoms with E-state index < -0.39 is 11.7 Å². The Morgan fingerprint density at radius 3 is 2.19 bits per heavy atom. The second-order valence-electron chi connectivity index (χ2n) is 7.73. The molecule has 0 bridgehead atoms. The zero-order chi connectivity index (χ0) is 22.5. The van der Waals surface area contributed by atoms with Crippen molar-refractivity contribution in [3.63, 3.8) is 0 Å². The number of hydrogen-bond donors (Lipinski definition) is 0. The Hall–Kier alpha value is -3.98. The molecular weight excluding hydrogens is 407 g/mol. The predicted octanol–water partition coefficient (Wildman–Crippen LogP) is 4.82. The maximum absolute atomic E-state index is 13.1. The lowest BCUT2D eigenvalue weighted by Crippen LogP contribution is -2.43. The SMILES string of the molecule is N#Cc1ccc(-c2ccc(OC(=O)C3CCCN(C(=O)c4ccc(F)cc4)C3)cc2)cc1. The zero-order valence-electron chi connectivity index (χ0n) is 17.3. The van der Waals surface area contributed by atoms with Gasteiger partial charge in [-0.05, 0) is 72.5 Å². The first-order valence-electron chi connectivity index (χ1n) is 10.4. The summed E-state index contributed by atoms with van der Waals surface area (Å²) in [5.41, 5.74) is 2.91. The van der Waals surface area contributed by atoms with E-state index in [1.807, 2.05) is 24.3 Å². The van der Waals surface area contributed by atoms with Crippen LogP contribution in [-0.4, -0.2) is 29.9 Å². The molecule has 1 fully saturated rings. The fourth-order valence-corrected chi connectivity index (χ4v) is 3.78. The highest BCUT2D eigenvalue weighted by Crippen LogP contribution is 2.25. The summed E-state index contributed by atoms with van der Waals surface area (Å²) in [5.74, 6) is -0.949. The average molecular weight is 428 g/mol. The standard InChI is InChI=1S/C26H21FN2O3/c27-23-11-7-21(8-12-23)25(30)29-15-1-2-22(17-29)26(31)32-24-13-9-20(10-14-24)19-5-3-18(16-28)4-6-19/h3-14,22H,1-2,15,17H2. The second kappa shape index (κ2) is 9.44. The minimum Gasteiger partial charge on any atom is -0.426 e. The number of nitriles is 1. The van der Waals surface area contributed by atoms with E-state index >= 15 is 0 Å². The van der Waals surface area contributed by atoms with Gasteiger partial charge < -0.3 is 9.64 Å². The molecule has 1 aliphatic heterocycles. The molecule has 0 aliphatic carbocycles. The maximum Gasteiger partial charge on any atom is 0.316 e. The Balaban J connectivity index is 1.38. The topological polar surface area (TPSA) is 70.4 Å². The van der Waals surface area contributed by atoms with Crippen molar-refractivity contribution in [2.24, 2.45) is 5.92 Å². The first-order valence-corrected chi connectivity index (χ1v) is 10.4. The maximum atomic E-state index is 13.1.